The van der Waals surface area contributed by atoms with E-state index in [2.05, 4.69) is 0 Å². The second-order valence-corrected chi connectivity index (χ2v) is 3.11. The van der Waals surface area contributed by atoms with Gasteiger partial charge < -0.3 is 9.84 Å². The van der Waals surface area contributed by atoms with Crippen molar-refractivity contribution in [3.8, 4) is 11.8 Å². The summed E-state index contributed by atoms with van der Waals surface area (Å²) in [7, 11) is 0. The van der Waals surface area contributed by atoms with Gasteiger partial charge in [0.05, 0.1) is 12.2 Å². The molecule has 0 bridgehead atoms. The molecular weight excluding hydrogens is 202 g/mol. The highest BCUT2D eigenvalue weighted by Gasteiger charge is 2.03. The number of nitriles is 1. The van der Waals surface area contributed by atoms with Gasteiger partial charge in [-0.2, -0.15) is 5.26 Å². The molecule has 0 unspecified atom stereocenters. The maximum Gasteiger partial charge on any atom is 0.137 e. The summed E-state index contributed by atoms with van der Waals surface area (Å²) in [6.45, 7) is 0.474. The summed E-state index contributed by atoms with van der Waals surface area (Å²) >= 11 is 5.71. The number of nitrogens with zero attached hydrogens (tertiary/aromatic N) is 1. The lowest BCUT2D eigenvalue weighted by molar-refractivity contribution is 0.233. The molecule has 0 amide bonds. The van der Waals surface area contributed by atoms with Gasteiger partial charge in [0.25, 0.3) is 0 Å². The van der Waals surface area contributed by atoms with Crippen molar-refractivity contribution < 1.29 is 9.84 Å². The predicted molar refractivity (Wildman–Crippen MR) is 53.4 cm³/mol. The maximum absolute atomic E-state index is 8.76. The topological polar surface area (TPSA) is 53.2 Å². The van der Waals surface area contributed by atoms with Gasteiger partial charge in [-0.3, -0.25) is 0 Å². The standard InChI is InChI=1S/C10H10ClNO2/c11-9-2-3-10(8(6-9)7-12)14-5-1-4-13/h2-3,6,13H,1,4-5H2. The monoisotopic (exact) mass is 211 g/mol. The zero-order valence-electron chi connectivity index (χ0n) is 7.53. The van der Waals surface area contributed by atoms with Crippen LogP contribution < -0.4 is 4.74 Å². The molecule has 0 aromatic heterocycles. The van der Waals surface area contributed by atoms with E-state index in [1.807, 2.05) is 6.07 Å². The largest absolute Gasteiger partial charge is 0.492 e. The minimum atomic E-state index is 0.0788. The Morgan fingerprint density at radius 3 is 2.93 bits per heavy atom. The number of halogens is 1. The zero-order chi connectivity index (χ0) is 10.4. The van der Waals surface area contributed by atoms with Gasteiger partial charge in [0.1, 0.15) is 11.8 Å². The number of ether oxygens (including phenoxy) is 1. The van der Waals surface area contributed by atoms with Crippen molar-refractivity contribution in [1.29, 1.82) is 5.26 Å². The van der Waals surface area contributed by atoms with Crippen LogP contribution in [0, 0.1) is 11.3 Å². The summed E-state index contributed by atoms with van der Waals surface area (Å²) in [4.78, 5) is 0. The van der Waals surface area contributed by atoms with E-state index < -0.39 is 0 Å². The summed E-state index contributed by atoms with van der Waals surface area (Å²) in [6.07, 6.45) is 0.549. The van der Waals surface area contributed by atoms with E-state index in [0.29, 0.717) is 29.4 Å². The molecule has 1 N–H and O–H groups in total. The number of rotatable bonds is 4. The molecular formula is C10H10ClNO2. The smallest absolute Gasteiger partial charge is 0.137 e. The molecule has 0 saturated carbocycles. The van der Waals surface area contributed by atoms with E-state index >= 15 is 0 Å². The van der Waals surface area contributed by atoms with E-state index in [4.69, 9.17) is 26.7 Å². The quantitative estimate of drug-likeness (QED) is 0.775. The van der Waals surface area contributed by atoms with Gasteiger partial charge in [-0.05, 0) is 18.2 Å². The zero-order valence-corrected chi connectivity index (χ0v) is 8.29. The van der Waals surface area contributed by atoms with Crippen LogP contribution in [0.2, 0.25) is 5.02 Å². The second kappa shape index (κ2) is 5.48. The van der Waals surface area contributed by atoms with Crippen LogP contribution >= 0.6 is 11.6 Å². The van der Waals surface area contributed by atoms with Crippen molar-refractivity contribution in [2.45, 2.75) is 6.42 Å². The first-order chi connectivity index (χ1) is 6.77. The Balaban J connectivity index is 2.72. The van der Waals surface area contributed by atoms with E-state index in [0.717, 1.165) is 0 Å². The molecule has 4 heteroatoms. The number of hydrogen-bond acceptors (Lipinski definition) is 3. The van der Waals surface area contributed by atoms with Crippen LogP contribution in [-0.4, -0.2) is 18.3 Å². The van der Waals surface area contributed by atoms with Crippen molar-refractivity contribution >= 4 is 11.6 Å². The number of aliphatic hydroxyl groups excluding tert-OH is 1. The molecule has 0 fully saturated rings. The molecule has 1 aromatic rings. The molecule has 0 radical (unpaired) electrons. The van der Waals surface area contributed by atoms with Crippen LogP contribution in [0.1, 0.15) is 12.0 Å². The number of aliphatic hydroxyl groups is 1. The van der Waals surface area contributed by atoms with Crippen molar-refractivity contribution in [2.75, 3.05) is 13.2 Å². The molecule has 0 heterocycles. The predicted octanol–water partition coefficient (Wildman–Crippen LogP) is 1.97. The summed E-state index contributed by atoms with van der Waals surface area (Å²) in [6, 6.07) is 6.86. The molecule has 3 nitrogen and oxygen atoms in total. The van der Waals surface area contributed by atoms with Gasteiger partial charge in [0, 0.05) is 18.1 Å². The highest BCUT2D eigenvalue weighted by molar-refractivity contribution is 6.30. The Morgan fingerprint density at radius 1 is 1.50 bits per heavy atom. The summed E-state index contributed by atoms with van der Waals surface area (Å²) in [5, 5.41) is 17.8. The van der Waals surface area contributed by atoms with E-state index in [1.165, 1.54) is 0 Å². The first kappa shape index (κ1) is 10.8. The minimum absolute atomic E-state index is 0.0788. The number of hydrogen-bond donors (Lipinski definition) is 1. The maximum atomic E-state index is 8.76. The average Bonchev–Trinajstić information content (AvgIpc) is 2.20. The van der Waals surface area contributed by atoms with Gasteiger partial charge in [-0.1, -0.05) is 11.6 Å². The molecule has 0 saturated heterocycles. The van der Waals surface area contributed by atoms with Gasteiger partial charge in [0.15, 0.2) is 0 Å². The lowest BCUT2D eigenvalue weighted by Crippen LogP contribution is -2.00. The fourth-order valence-electron chi connectivity index (χ4n) is 0.962. The Hall–Kier alpha value is -1.24. The Bertz CT molecular complexity index is 346. The third-order valence-electron chi connectivity index (χ3n) is 1.62. The van der Waals surface area contributed by atoms with Gasteiger partial charge in [0.2, 0.25) is 0 Å². The first-order valence-corrected chi connectivity index (χ1v) is 4.59. The van der Waals surface area contributed by atoms with E-state index in [-0.39, 0.29) is 6.61 Å². The molecule has 1 rings (SSSR count). The third kappa shape index (κ3) is 2.91. The second-order valence-electron chi connectivity index (χ2n) is 2.68. The minimum Gasteiger partial charge on any atom is -0.492 e. The highest BCUT2D eigenvalue weighted by Crippen LogP contribution is 2.21. The van der Waals surface area contributed by atoms with Crippen LogP contribution in [0.5, 0.6) is 5.75 Å². The van der Waals surface area contributed by atoms with E-state index in [1.54, 1.807) is 18.2 Å². The summed E-state index contributed by atoms with van der Waals surface area (Å²) in [5.74, 6) is 0.505. The van der Waals surface area contributed by atoms with E-state index in [9.17, 15) is 0 Å². The molecule has 0 atom stereocenters. The van der Waals surface area contributed by atoms with Gasteiger partial charge in [-0.15, -0.1) is 0 Å². The Labute approximate surface area is 87.5 Å². The fraction of sp³-hybridized carbons (Fsp3) is 0.300. The molecule has 74 valence electrons. The van der Waals surface area contributed by atoms with Crippen molar-refractivity contribution in [3.05, 3.63) is 28.8 Å². The molecule has 0 spiro atoms. The van der Waals surface area contributed by atoms with Crippen LogP contribution in [0.25, 0.3) is 0 Å². The molecule has 0 aliphatic heterocycles. The summed E-state index contributed by atoms with van der Waals surface area (Å²) in [5.41, 5.74) is 0.412. The Morgan fingerprint density at radius 2 is 2.29 bits per heavy atom. The SMILES string of the molecule is N#Cc1cc(Cl)ccc1OCCCO. The first-order valence-electron chi connectivity index (χ1n) is 4.21. The number of benzene rings is 1. The van der Waals surface area contributed by atoms with Crippen LogP contribution in [0.3, 0.4) is 0 Å². The van der Waals surface area contributed by atoms with Crippen molar-refractivity contribution in [3.63, 3.8) is 0 Å². The molecule has 1 aromatic carbocycles. The van der Waals surface area contributed by atoms with Crippen molar-refractivity contribution in [2.24, 2.45) is 0 Å². The molecule has 0 aliphatic carbocycles. The fourth-order valence-corrected chi connectivity index (χ4v) is 1.13. The highest BCUT2D eigenvalue weighted by atomic mass is 35.5. The average molecular weight is 212 g/mol. The normalized spacial score (nSPS) is 9.50. The third-order valence-corrected chi connectivity index (χ3v) is 1.86. The molecule has 14 heavy (non-hydrogen) atoms. The van der Waals surface area contributed by atoms with Gasteiger partial charge in [-0.25, -0.2) is 0 Å². The lowest BCUT2D eigenvalue weighted by Gasteiger charge is -2.06. The van der Waals surface area contributed by atoms with Gasteiger partial charge >= 0.3 is 0 Å². The Kier molecular flexibility index (Phi) is 4.24. The van der Waals surface area contributed by atoms with Crippen LogP contribution in [0.4, 0.5) is 0 Å². The van der Waals surface area contributed by atoms with Crippen molar-refractivity contribution in [1.82, 2.24) is 0 Å². The molecule has 0 aliphatic rings. The summed E-state index contributed by atoms with van der Waals surface area (Å²) < 4.78 is 5.28. The van der Waals surface area contributed by atoms with Crippen LogP contribution in [0.15, 0.2) is 18.2 Å². The van der Waals surface area contributed by atoms with Crippen LogP contribution in [-0.2, 0) is 0 Å². The lowest BCUT2D eigenvalue weighted by atomic mass is 10.2.